The Kier molecular flexibility index (Phi) is 11.4. The number of hydrogen-bond acceptors (Lipinski definition) is 8. The van der Waals surface area contributed by atoms with E-state index >= 15 is 0 Å². The van der Waals surface area contributed by atoms with Crippen LogP contribution in [-0.4, -0.2) is 53.0 Å². The molecule has 9 nitrogen and oxygen atoms in total. The first-order chi connectivity index (χ1) is 19.3. The zero-order valence-corrected chi connectivity index (χ0v) is 26.9. The molecule has 42 heavy (non-hydrogen) atoms. The number of halogens is 1. The van der Waals surface area contributed by atoms with Gasteiger partial charge in [-0.15, -0.1) is 0 Å². The SMILES string of the molecule is CC(C)c1nc2c(c(-c3ccc(F)cc3)c1/C=C/[C@@H](O)C[C@@H](O)CC(=O)[O-])CCCc1nc(NS(C)(=O)=O)ccc1-2.[Na+]. The smallest absolute Gasteiger partial charge is 0.550 e. The van der Waals surface area contributed by atoms with Gasteiger partial charge in [0.2, 0.25) is 10.0 Å². The predicted octanol–water partition coefficient (Wildman–Crippen LogP) is 0.202. The number of nitrogens with zero attached hydrogens (tertiary/aromatic N) is 2. The molecular weight excluding hydrogens is 572 g/mol. The van der Waals surface area contributed by atoms with E-state index < -0.39 is 34.6 Å². The van der Waals surface area contributed by atoms with Crippen molar-refractivity contribution in [1.82, 2.24) is 9.97 Å². The minimum atomic E-state index is -3.50. The Morgan fingerprint density at radius 1 is 1.12 bits per heavy atom. The number of anilines is 1. The normalized spacial score (nSPS) is 14.5. The zero-order chi connectivity index (χ0) is 29.9. The molecule has 0 aliphatic heterocycles. The van der Waals surface area contributed by atoms with Crippen molar-refractivity contribution in [2.75, 3.05) is 11.0 Å². The quantitative estimate of drug-likeness (QED) is 0.277. The Balaban J connectivity index is 0.00000484. The molecule has 0 bridgehead atoms. The zero-order valence-electron chi connectivity index (χ0n) is 24.1. The largest absolute Gasteiger partial charge is 1.00 e. The molecule has 0 unspecified atom stereocenters. The molecule has 1 aliphatic carbocycles. The second kappa shape index (κ2) is 14.2. The van der Waals surface area contributed by atoms with E-state index in [1.165, 1.54) is 18.2 Å². The van der Waals surface area contributed by atoms with E-state index in [0.717, 1.165) is 34.1 Å². The first-order valence-electron chi connectivity index (χ1n) is 13.4. The summed E-state index contributed by atoms with van der Waals surface area (Å²) in [6, 6.07) is 9.55. The number of aliphatic carboxylic acids is 1. The number of carbonyl (C=O) groups excluding carboxylic acids is 1. The topological polar surface area (TPSA) is 153 Å². The fourth-order valence-electron chi connectivity index (χ4n) is 5.11. The Morgan fingerprint density at radius 2 is 1.81 bits per heavy atom. The third kappa shape index (κ3) is 8.46. The Hall–Kier alpha value is -2.67. The third-order valence-corrected chi connectivity index (χ3v) is 7.39. The number of hydrogen-bond donors (Lipinski definition) is 3. The molecule has 0 spiro atoms. The number of aromatic nitrogens is 2. The van der Waals surface area contributed by atoms with Crippen molar-refractivity contribution in [1.29, 1.82) is 0 Å². The number of carboxylic acid groups (broad SMARTS) is 1. The van der Waals surface area contributed by atoms with Crippen LogP contribution in [0.2, 0.25) is 0 Å². The van der Waals surface area contributed by atoms with Crippen molar-refractivity contribution in [3.8, 4) is 22.4 Å². The van der Waals surface area contributed by atoms with Gasteiger partial charge >= 0.3 is 29.6 Å². The van der Waals surface area contributed by atoms with Gasteiger partial charge in [0, 0.05) is 29.9 Å². The van der Waals surface area contributed by atoms with E-state index in [4.69, 9.17) is 4.98 Å². The van der Waals surface area contributed by atoms with Gasteiger partial charge in [0.1, 0.15) is 11.6 Å². The summed E-state index contributed by atoms with van der Waals surface area (Å²) >= 11 is 0. The maximum absolute atomic E-state index is 13.9. The van der Waals surface area contributed by atoms with Gasteiger partial charge in [-0.25, -0.2) is 17.8 Å². The number of benzene rings is 1. The van der Waals surface area contributed by atoms with Crippen LogP contribution in [0.1, 0.15) is 61.5 Å². The molecule has 0 saturated carbocycles. The van der Waals surface area contributed by atoms with Crippen LogP contribution >= 0.6 is 0 Å². The summed E-state index contributed by atoms with van der Waals surface area (Å²) in [5.41, 5.74) is 6.14. The summed E-state index contributed by atoms with van der Waals surface area (Å²) in [7, 11) is -3.50. The van der Waals surface area contributed by atoms with Gasteiger partial charge in [-0.05, 0) is 66.1 Å². The molecule has 4 rings (SSSR count). The van der Waals surface area contributed by atoms with Crippen molar-refractivity contribution >= 4 is 27.9 Å². The first kappa shape index (κ1) is 33.8. The fraction of sp³-hybridized carbons (Fsp3) is 0.367. The third-order valence-electron chi connectivity index (χ3n) is 6.81. The summed E-state index contributed by atoms with van der Waals surface area (Å²) in [5, 5.41) is 31.3. The summed E-state index contributed by atoms with van der Waals surface area (Å²) in [5.74, 6) is -1.62. The number of aliphatic hydroxyl groups excluding tert-OH is 2. The van der Waals surface area contributed by atoms with Gasteiger partial charge in [-0.1, -0.05) is 38.1 Å². The van der Waals surface area contributed by atoms with E-state index in [0.29, 0.717) is 36.3 Å². The Bertz CT molecular complexity index is 1580. The van der Waals surface area contributed by atoms with Gasteiger partial charge in [-0.2, -0.15) is 0 Å². The Labute approximate surface area is 267 Å². The van der Waals surface area contributed by atoms with Gasteiger partial charge in [0.05, 0.1) is 35.5 Å². The fourth-order valence-corrected chi connectivity index (χ4v) is 5.60. The van der Waals surface area contributed by atoms with Crippen LogP contribution in [0, 0.1) is 5.82 Å². The van der Waals surface area contributed by atoms with Crippen LogP contribution < -0.4 is 39.4 Å². The molecule has 0 saturated heterocycles. The number of carboxylic acids is 1. The molecule has 2 heterocycles. The predicted molar refractivity (Wildman–Crippen MR) is 153 cm³/mol. The van der Waals surface area contributed by atoms with E-state index in [1.807, 2.05) is 19.9 Å². The molecule has 12 heteroatoms. The molecule has 0 fully saturated rings. The van der Waals surface area contributed by atoms with Crippen LogP contribution in [0.25, 0.3) is 28.5 Å². The number of aryl methyl sites for hydroxylation is 1. The van der Waals surface area contributed by atoms with Crippen LogP contribution in [0.3, 0.4) is 0 Å². The number of pyridine rings is 2. The van der Waals surface area contributed by atoms with Gasteiger partial charge in [-0.3, -0.25) is 9.71 Å². The van der Waals surface area contributed by atoms with Crippen molar-refractivity contribution in [3.05, 3.63) is 70.8 Å². The molecule has 3 N–H and O–H groups in total. The van der Waals surface area contributed by atoms with E-state index in [1.54, 1.807) is 24.3 Å². The molecule has 1 aromatic carbocycles. The van der Waals surface area contributed by atoms with Crippen LogP contribution in [0.15, 0.2) is 42.5 Å². The Morgan fingerprint density at radius 3 is 2.43 bits per heavy atom. The van der Waals surface area contributed by atoms with E-state index in [9.17, 15) is 32.9 Å². The van der Waals surface area contributed by atoms with Crippen LogP contribution in [0.4, 0.5) is 10.2 Å². The molecule has 0 radical (unpaired) electrons. The molecular formula is C30H33FN3NaO6S. The number of sulfonamides is 1. The van der Waals surface area contributed by atoms with Crippen molar-refractivity contribution in [2.45, 2.75) is 64.1 Å². The van der Waals surface area contributed by atoms with Gasteiger partial charge in [0.25, 0.3) is 0 Å². The average Bonchev–Trinajstić information content (AvgIpc) is 3.04. The maximum atomic E-state index is 13.9. The number of nitrogens with one attached hydrogen (secondary N) is 1. The number of aliphatic hydroxyl groups is 2. The van der Waals surface area contributed by atoms with E-state index in [2.05, 4.69) is 9.71 Å². The molecule has 218 valence electrons. The van der Waals surface area contributed by atoms with Crippen LogP contribution in [0.5, 0.6) is 0 Å². The summed E-state index contributed by atoms with van der Waals surface area (Å²) in [6.45, 7) is 3.96. The summed E-state index contributed by atoms with van der Waals surface area (Å²) < 4.78 is 39.9. The first-order valence-corrected chi connectivity index (χ1v) is 15.3. The number of fused-ring (bicyclic) bond motifs is 3. The molecule has 2 atom stereocenters. The van der Waals surface area contributed by atoms with Crippen molar-refractivity contribution < 1.29 is 62.5 Å². The van der Waals surface area contributed by atoms with Gasteiger partial charge in [0.15, 0.2) is 0 Å². The monoisotopic (exact) mass is 605 g/mol. The minimum absolute atomic E-state index is 0. The van der Waals surface area contributed by atoms with E-state index in [-0.39, 0.29) is 53.5 Å². The second-order valence-electron chi connectivity index (χ2n) is 10.6. The summed E-state index contributed by atoms with van der Waals surface area (Å²) in [6.07, 6.45) is 3.03. The molecule has 3 aromatic rings. The second-order valence-corrected chi connectivity index (χ2v) is 12.3. The summed E-state index contributed by atoms with van der Waals surface area (Å²) in [4.78, 5) is 20.5. The average molecular weight is 606 g/mol. The van der Waals surface area contributed by atoms with Gasteiger partial charge < -0.3 is 20.1 Å². The number of rotatable bonds is 10. The van der Waals surface area contributed by atoms with Crippen molar-refractivity contribution in [2.24, 2.45) is 0 Å². The number of carbonyl (C=O) groups is 1. The van der Waals surface area contributed by atoms with Crippen molar-refractivity contribution in [3.63, 3.8) is 0 Å². The minimum Gasteiger partial charge on any atom is -0.550 e. The molecule has 1 aliphatic rings. The molecule has 2 aromatic heterocycles. The van der Waals surface area contributed by atoms with Crippen LogP contribution in [-0.2, 0) is 27.7 Å². The molecule has 0 amide bonds. The standard InChI is InChI=1S/C30H34FN3O6S.Na/c1-17(2)29-24(12-11-20(35)15-21(36)16-27(37)38)28(18-7-9-19(31)10-8-18)23-5-4-6-25-22(30(23)33-29)13-14-26(32-25)34-41(3,39)40;/h7-14,17,20-21,35-36H,4-6,15-16H2,1-3H3,(H,32,34)(H,37,38);/q;+1/p-1/b12-11+;/t20-,21-;/m1./s1. The maximum Gasteiger partial charge on any atom is 1.00 e.